The zero-order chi connectivity index (χ0) is 23.2. The summed E-state index contributed by atoms with van der Waals surface area (Å²) in [6.07, 6.45) is -0.0857. The molecule has 0 saturated heterocycles. The Labute approximate surface area is 201 Å². The van der Waals surface area contributed by atoms with Gasteiger partial charge in [0, 0.05) is 25.9 Å². The predicted octanol–water partition coefficient (Wildman–Crippen LogP) is 8.37. The Morgan fingerprint density at radius 1 is 1.16 bits per heavy atom. The normalized spacial score (nSPS) is 16.5. The number of alkyl halides is 1. The molecule has 0 spiro atoms. The molecular formula is C22H23Br2F2O3PS. The van der Waals surface area contributed by atoms with E-state index >= 15 is 0 Å². The molecule has 0 bridgehead atoms. The van der Waals surface area contributed by atoms with Crippen LogP contribution in [0.15, 0.2) is 46.9 Å². The average Bonchev–Trinajstić information content (AvgIpc) is 3.01. The topological polar surface area (TPSA) is 46.5 Å². The minimum Gasteiger partial charge on any atom is -0.323 e. The van der Waals surface area contributed by atoms with Gasteiger partial charge in [-0.25, -0.2) is 8.78 Å². The fraction of sp³-hybridized carbons (Fsp3) is 0.364. The van der Waals surface area contributed by atoms with Crippen molar-refractivity contribution in [3.8, 4) is 0 Å². The van der Waals surface area contributed by atoms with Crippen molar-refractivity contribution in [3.63, 3.8) is 0 Å². The van der Waals surface area contributed by atoms with E-state index in [0.29, 0.717) is 14.9 Å². The van der Waals surface area contributed by atoms with Crippen LogP contribution in [-0.4, -0.2) is 10.5 Å². The van der Waals surface area contributed by atoms with E-state index in [0.717, 1.165) is 22.2 Å². The van der Waals surface area contributed by atoms with Crippen LogP contribution in [0.5, 0.6) is 0 Å². The molecule has 1 aromatic heterocycles. The third kappa shape index (κ3) is 4.85. The summed E-state index contributed by atoms with van der Waals surface area (Å²) in [6, 6.07) is 11.1. The maximum Gasteiger partial charge on any atom is 0.350 e. The van der Waals surface area contributed by atoms with Gasteiger partial charge in [-0.1, -0.05) is 54.0 Å². The van der Waals surface area contributed by atoms with E-state index in [1.54, 1.807) is 13.8 Å². The number of halogens is 4. The monoisotopic (exact) mass is 594 g/mol. The van der Waals surface area contributed by atoms with Crippen molar-refractivity contribution in [2.45, 2.75) is 43.8 Å². The highest BCUT2D eigenvalue weighted by molar-refractivity contribution is 9.11. The zero-order valence-corrected chi connectivity index (χ0v) is 22.3. The summed E-state index contributed by atoms with van der Waals surface area (Å²) in [5, 5.41) is 0.889. The van der Waals surface area contributed by atoms with E-state index in [1.807, 2.05) is 38.1 Å². The quantitative estimate of drug-likeness (QED) is 0.220. The third-order valence-electron chi connectivity index (χ3n) is 5.50. The minimum atomic E-state index is -4.41. The molecule has 0 amide bonds. The van der Waals surface area contributed by atoms with Gasteiger partial charge >= 0.3 is 7.60 Å². The molecule has 0 fully saturated rings. The van der Waals surface area contributed by atoms with Crippen molar-refractivity contribution in [2.24, 2.45) is 5.92 Å². The van der Waals surface area contributed by atoms with Crippen molar-refractivity contribution in [2.75, 3.05) is 0 Å². The third-order valence-corrected chi connectivity index (χ3v) is 12.4. The maximum absolute atomic E-state index is 13.9. The van der Waals surface area contributed by atoms with Gasteiger partial charge in [0.25, 0.3) is 0 Å². The van der Waals surface area contributed by atoms with Gasteiger partial charge in [-0.15, -0.1) is 11.3 Å². The first-order chi connectivity index (χ1) is 14.3. The molecule has 1 heterocycles. The van der Waals surface area contributed by atoms with Gasteiger partial charge in [0.2, 0.25) is 0 Å². The molecule has 2 unspecified atom stereocenters. The molecule has 168 valence electrons. The molecule has 0 aliphatic carbocycles. The van der Waals surface area contributed by atoms with Crippen LogP contribution in [0.25, 0.3) is 10.1 Å². The first kappa shape index (κ1) is 25.0. The van der Waals surface area contributed by atoms with Crippen molar-refractivity contribution < 1.29 is 22.8 Å². The van der Waals surface area contributed by atoms with Gasteiger partial charge in [-0.2, -0.15) is 0 Å². The summed E-state index contributed by atoms with van der Waals surface area (Å²) >= 11 is 8.48. The summed E-state index contributed by atoms with van der Waals surface area (Å²) in [4.78, 5) is 11.9. The van der Waals surface area contributed by atoms with E-state index in [1.165, 1.54) is 17.4 Å². The van der Waals surface area contributed by atoms with Gasteiger partial charge < -0.3 is 9.42 Å². The lowest BCUT2D eigenvalue weighted by Gasteiger charge is -2.38. The van der Waals surface area contributed by atoms with Crippen LogP contribution in [0, 0.1) is 17.6 Å². The van der Waals surface area contributed by atoms with Crippen molar-refractivity contribution >= 4 is 60.9 Å². The summed E-state index contributed by atoms with van der Waals surface area (Å²) in [5.41, 5.74) is -0.541. The molecular weight excluding hydrogens is 573 g/mol. The lowest BCUT2D eigenvalue weighted by molar-refractivity contribution is 0.0439. The SMILES string of the molecule is CC(C)C(C)(C)OP(=O)(O)C(Br)(Cc1ccc(F)c(F)c1)c1sc2ccccc2c1Br. The Bertz CT molecular complexity index is 1160. The fourth-order valence-corrected chi connectivity index (χ4v) is 8.75. The Morgan fingerprint density at radius 2 is 1.81 bits per heavy atom. The van der Waals surface area contributed by atoms with E-state index in [9.17, 15) is 18.2 Å². The minimum absolute atomic E-state index is 0.0427. The largest absolute Gasteiger partial charge is 0.350 e. The molecule has 9 heteroatoms. The molecule has 0 radical (unpaired) electrons. The van der Waals surface area contributed by atoms with Crippen LogP contribution >= 0.6 is 50.8 Å². The van der Waals surface area contributed by atoms with Crippen LogP contribution in [0.3, 0.4) is 0 Å². The van der Waals surface area contributed by atoms with Gasteiger partial charge in [-0.05, 0) is 59.5 Å². The van der Waals surface area contributed by atoms with Crippen molar-refractivity contribution in [1.82, 2.24) is 0 Å². The molecule has 3 aromatic rings. The van der Waals surface area contributed by atoms with E-state index in [4.69, 9.17) is 4.52 Å². The van der Waals surface area contributed by atoms with Crippen molar-refractivity contribution in [3.05, 3.63) is 69.0 Å². The number of hydrogen-bond donors (Lipinski definition) is 1. The molecule has 2 atom stereocenters. The van der Waals surface area contributed by atoms with Gasteiger partial charge in [0.15, 0.2) is 15.7 Å². The first-order valence-electron chi connectivity index (χ1n) is 9.62. The second-order valence-electron chi connectivity index (χ2n) is 8.30. The summed E-state index contributed by atoms with van der Waals surface area (Å²) in [7, 11) is -4.41. The number of hydrogen-bond acceptors (Lipinski definition) is 3. The van der Waals surface area contributed by atoms with Crippen LogP contribution in [-0.2, 0) is 19.6 Å². The molecule has 0 aliphatic heterocycles. The van der Waals surface area contributed by atoms with Crippen LogP contribution in [0.2, 0.25) is 0 Å². The molecule has 2 aromatic carbocycles. The van der Waals surface area contributed by atoms with Gasteiger partial charge in [0.1, 0.15) is 0 Å². The van der Waals surface area contributed by atoms with E-state index in [2.05, 4.69) is 31.9 Å². The Morgan fingerprint density at radius 3 is 2.39 bits per heavy atom. The van der Waals surface area contributed by atoms with E-state index < -0.39 is 28.9 Å². The highest BCUT2D eigenvalue weighted by Crippen LogP contribution is 2.70. The molecule has 1 N–H and O–H groups in total. The fourth-order valence-electron chi connectivity index (χ4n) is 2.99. The number of rotatable bonds is 7. The number of benzene rings is 2. The van der Waals surface area contributed by atoms with Crippen LogP contribution < -0.4 is 0 Å². The van der Waals surface area contributed by atoms with Gasteiger partial charge in [0.05, 0.1) is 5.60 Å². The number of fused-ring (bicyclic) bond motifs is 1. The smallest absolute Gasteiger partial charge is 0.323 e. The second kappa shape index (κ2) is 8.96. The van der Waals surface area contributed by atoms with Crippen LogP contribution in [0.4, 0.5) is 8.78 Å². The predicted molar refractivity (Wildman–Crippen MR) is 130 cm³/mol. The van der Waals surface area contributed by atoms with Crippen LogP contribution in [0.1, 0.15) is 38.1 Å². The highest BCUT2D eigenvalue weighted by atomic mass is 79.9. The summed E-state index contributed by atoms with van der Waals surface area (Å²) < 4.78 is 47.1. The van der Waals surface area contributed by atoms with Gasteiger partial charge in [-0.3, -0.25) is 4.57 Å². The van der Waals surface area contributed by atoms with Crippen molar-refractivity contribution in [1.29, 1.82) is 0 Å². The molecule has 0 aliphatic rings. The lowest BCUT2D eigenvalue weighted by atomic mass is 9.95. The Kier molecular flexibility index (Phi) is 7.22. The Hall–Kier alpha value is -0.630. The molecule has 3 nitrogen and oxygen atoms in total. The zero-order valence-electron chi connectivity index (χ0n) is 17.5. The summed E-state index contributed by atoms with van der Waals surface area (Å²) in [5.74, 6) is -2.03. The average molecular weight is 596 g/mol. The second-order valence-corrected chi connectivity index (χ2v) is 14.1. The lowest BCUT2D eigenvalue weighted by Crippen LogP contribution is -2.34. The molecule has 3 rings (SSSR count). The first-order valence-corrected chi connectivity index (χ1v) is 13.6. The highest BCUT2D eigenvalue weighted by Gasteiger charge is 2.53. The Balaban J connectivity index is 2.20. The standard InChI is InChI=1S/C22H23Br2F2O3PS/c1-13(2)21(3,4)29-30(27,28)22(24,12-14-9-10-16(25)17(26)11-14)20-19(23)15-7-5-6-8-18(15)31-20/h5-11,13H,12H2,1-4H3,(H,27,28). The summed E-state index contributed by atoms with van der Waals surface area (Å²) in [6.45, 7) is 7.32. The maximum atomic E-state index is 13.9. The molecule has 31 heavy (non-hydrogen) atoms. The van der Waals surface area contributed by atoms with E-state index in [-0.39, 0.29) is 12.3 Å². The number of thiophene rings is 1. The molecule has 0 saturated carbocycles.